The molecule has 1 unspecified atom stereocenters. The molecule has 1 aromatic carbocycles. The van der Waals surface area contributed by atoms with E-state index in [1.165, 1.54) is 24.3 Å². The van der Waals surface area contributed by atoms with Crippen molar-refractivity contribution < 1.29 is 28.2 Å². The predicted octanol–water partition coefficient (Wildman–Crippen LogP) is 2.58. The van der Waals surface area contributed by atoms with Crippen molar-refractivity contribution in [3.63, 3.8) is 0 Å². The smallest absolute Gasteiger partial charge is 0.387 e. The lowest BCUT2D eigenvalue weighted by atomic mass is 9.94. The molecule has 0 bridgehead atoms. The van der Waals surface area contributed by atoms with Crippen LogP contribution in [0, 0.1) is 5.41 Å². The van der Waals surface area contributed by atoms with Crippen molar-refractivity contribution in [1.82, 2.24) is 5.32 Å². The number of aliphatic carboxylic acids is 1. The summed E-state index contributed by atoms with van der Waals surface area (Å²) < 4.78 is 28.3. The van der Waals surface area contributed by atoms with Gasteiger partial charge in [-0.3, -0.25) is 4.79 Å². The van der Waals surface area contributed by atoms with Crippen molar-refractivity contribution in [3.8, 4) is 5.75 Å². The van der Waals surface area contributed by atoms with E-state index in [1.54, 1.807) is 20.8 Å². The fourth-order valence-electron chi connectivity index (χ4n) is 1.48. The summed E-state index contributed by atoms with van der Waals surface area (Å²) in [7, 11) is 0. The Morgan fingerprint density at radius 2 is 1.71 bits per heavy atom. The summed E-state index contributed by atoms with van der Waals surface area (Å²) in [5, 5.41) is 11.6. The number of rotatable bonds is 5. The normalized spacial score (nSPS) is 12.9. The van der Waals surface area contributed by atoms with E-state index in [1.807, 2.05) is 0 Å². The Bertz CT molecular complexity index is 509. The zero-order valence-electron chi connectivity index (χ0n) is 11.9. The van der Waals surface area contributed by atoms with E-state index < -0.39 is 29.9 Å². The van der Waals surface area contributed by atoms with Crippen molar-refractivity contribution >= 4 is 11.9 Å². The lowest BCUT2D eigenvalue weighted by Crippen LogP contribution is -2.40. The number of carbonyl (C=O) groups excluding carboxylic acids is 1. The zero-order valence-corrected chi connectivity index (χ0v) is 11.9. The number of amides is 1. The van der Waals surface area contributed by atoms with Crippen LogP contribution in [0.25, 0.3) is 0 Å². The SMILES string of the molecule is CC(C)(C)C(=O)NC(C(=O)O)c1ccc(OC(F)F)cc1. The van der Waals surface area contributed by atoms with Gasteiger partial charge in [0.2, 0.25) is 5.91 Å². The van der Waals surface area contributed by atoms with Gasteiger partial charge in [-0.25, -0.2) is 4.79 Å². The number of nitrogens with one attached hydrogen (secondary N) is 1. The molecule has 0 saturated heterocycles. The van der Waals surface area contributed by atoms with E-state index in [0.717, 1.165) is 0 Å². The Morgan fingerprint density at radius 3 is 2.10 bits per heavy atom. The summed E-state index contributed by atoms with van der Waals surface area (Å²) in [6.07, 6.45) is 0. The summed E-state index contributed by atoms with van der Waals surface area (Å²) in [5.74, 6) is -1.75. The van der Waals surface area contributed by atoms with Crippen LogP contribution in [-0.2, 0) is 9.59 Å². The molecule has 0 fully saturated rings. The largest absolute Gasteiger partial charge is 0.479 e. The van der Waals surface area contributed by atoms with Gasteiger partial charge in [-0.05, 0) is 17.7 Å². The van der Waals surface area contributed by atoms with Crippen LogP contribution >= 0.6 is 0 Å². The first-order valence-electron chi connectivity index (χ1n) is 6.20. The maximum absolute atomic E-state index is 12.0. The molecule has 1 amide bonds. The molecule has 0 heterocycles. The standard InChI is InChI=1S/C14H17F2NO4/c1-14(2,3)12(20)17-10(11(18)19)8-4-6-9(7-5-8)21-13(15)16/h4-7,10,13H,1-3H3,(H,17,20)(H,18,19). The Kier molecular flexibility index (Phi) is 5.23. The van der Waals surface area contributed by atoms with Gasteiger partial charge in [0.25, 0.3) is 0 Å². The second kappa shape index (κ2) is 6.51. The average Bonchev–Trinajstić information content (AvgIpc) is 2.34. The highest BCUT2D eigenvalue weighted by molar-refractivity contribution is 5.87. The number of hydrogen-bond acceptors (Lipinski definition) is 3. The number of carbonyl (C=O) groups is 2. The van der Waals surface area contributed by atoms with Gasteiger partial charge in [-0.2, -0.15) is 8.78 Å². The monoisotopic (exact) mass is 301 g/mol. The van der Waals surface area contributed by atoms with Crippen LogP contribution in [0.4, 0.5) is 8.78 Å². The molecule has 0 spiro atoms. The number of ether oxygens (including phenoxy) is 1. The third kappa shape index (κ3) is 5.02. The molecule has 0 saturated carbocycles. The molecular formula is C14H17F2NO4. The number of hydrogen-bond donors (Lipinski definition) is 2. The molecule has 0 aromatic heterocycles. The van der Waals surface area contributed by atoms with E-state index in [0.29, 0.717) is 0 Å². The van der Waals surface area contributed by atoms with Gasteiger partial charge in [-0.1, -0.05) is 32.9 Å². The van der Waals surface area contributed by atoms with Crippen LogP contribution < -0.4 is 10.1 Å². The predicted molar refractivity (Wildman–Crippen MR) is 71.0 cm³/mol. The number of alkyl halides is 2. The summed E-state index contributed by atoms with van der Waals surface area (Å²) in [4.78, 5) is 23.1. The Labute approximate surface area is 120 Å². The first kappa shape index (κ1) is 16.9. The third-order valence-corrected chi connectivity index (χ3v) is 2.64. The molecule has 0 aliphatic rings. The molecule has 0 aliphatic heterocycles. The van der Waals surface area contributed by atoms with Crippen LogP contribution in [0.2, 0.25) is 0 Å². The third-order valence-electron chi connectivity index (χ3n) is 2.64. The minimum absolute atomic E-state index is 0.0833. The minimum atomic E-state index is -2.95. The molecule has 7 heteroatoms. The Morgan fingerprint density at radius 1 is 1.19 bits per heavy atom. The quantitative estimate of drug-likeness (QED) is 0.876. The van der Waals surface area contributed by atoms with Crippen LogP contribution in [-0.4, -0.2) is 23.6 Å². The van der Waals surface area contributed by atoms with Crippen LogP contribution in [0.5, 0.6) is 5.75 Å². The lowest BCUT2D eigenvalue weighted by Gasteiger charge is -2.22. The van der Waals surface area contributed by atoms with Crippen LogP contribution in [0.3, 0.4) is 0 Å². The van der Waals surface area contributed by atoms with E-state index in [9.17, 15) is 23.5 Å². The second-order valence-corrected chi connectivity index (χ2v) is 5.44. The molecule has 5 nitrogen and oxygen atoms in total. The number of carboxylic acid groups (broad SMARTS) is 1. The van der Waals surface area contributed by atoms with Crippen molar-refractivity contribution in [1.29, 1.82) is 0 Å². The van der Waals surface area contributed by atoms with Crippen molar-refractivity contribution in [2.24, 2.45) is 5.41 Å². The van der Waals surface area contributed by atoms with Crippen molar-refractivity contribution in [2.75, 3.05) is 0 Å². The highest BCUT2D eigenvalue weighted by atomic mass is 19.3. The summed E-state index contributed by atoms with van der Waals surface area (Å²) in [6.45, 7) is 2.01. The van der Waals surface area contributed by atoms with Gasteiger partial charge in [0, 0.05) is 5.41 Å². The van der Waals surface area contributed by atoms with Gasteiger partial charge < -0.3 is 15.2 Å². The van der Waals surface area contributed by atoms with Gasteiger partial charge in [-0.15, -0.1) is 0 Å². The number of carboxylic acids is 1. The average molecular weight is 301 g/mol. The summed E-state index contributed by atoms with van der Waals surface area (Å²) >= 11 is 0. The summed E-state index contributed by atoms with van der Waals surface area (Å²) in [5.41, 5.74) is -0.478. The maximum Gasteiger partial charge on any atom is 0.387 e. The summed E-state index contributed by atoms with van der Waals surface area (Å²) in [6, 6.07) is 3.83. The molecule has 1 rings (SSSR count). The molecule has 2 N–H and O–H groups in total. The molecule has 116 valence electrons. The topological polar surface area (TPSA) is 75.6 Å². The fraction of sp³-hybridized carbons (Fsp3) is 0.429. The minimum Gasteiger partial charge on any atom is -0.479 e. The number of halogens is 2. The van der Waals surface area contributed by atoms with E-state index in [-0.39, 0.29) is 11.3 Å². The van der Waals surface area contributed by atoms with E-state index in [2.05, 4.69) is 10.1 Å². The molecule has 0 radical (unpaired) electrons. The van der Waals surface area contributed by atoms with Gasteiger partial charge in [0.1, 0.15) is 5.75 Å². The molecule has 1 atom stereocenters. The van der Waals surface area contributed by atoms with Crippen LogP contribution in [0.15, 0.2) is 24.3 Å². The first-order chi connectivity index (χ1) is 9.61. The highest BCUT2D eigenvalue weighted by Gasteiger charge is 2.28. The number of benzene rings is 1. The van der Waals surface area contributed by atoms with E-state index >= 15 is 0 Å². The highest BCUT2D eigenvalue weighted by Crippen LogP contribution is 2.21. The first-order valence-corrected chi connectivity index (χ1v) is 6.20. The second-order valence-electron chi connectivity index (χ2n) is 5.44. The van der Waals surface area contributed by atoms with Crippen molar-refractivity contribution in [3.05, 3.63) is 29.8 Å². The molecule has 1 aromatic rings. The molecule has 21 heavy (non-hydrogen) atoms. The van der Waals surface area contributed by atoms with Gasteiger partial charge in [0.15, 0.2) is 6.04 Å². The van der Waals surface area contributed by atoms with E-state index in [4.69, 9.17) is 0 Å². The molecular weight excluding hydrogens is 284 g/mol. The van der Waals surface area contributed by atoms with Crippen molar-refractivity contribution in [2.45, 2.75) is 33.4 Å². The van der Waals surface area contributed by atoms with Gasteiger partial charge >= 0.3 is 12.6 Å². The Hall–Kier alpha value is -2.18. The fourth-order valence-corrected chi connectivity index (χ4v) is 1.48. The lowest BCUT2D eigenvalue weighted by molar-refractivity contribution is -0.143. The van der Waals surface area contributed by atoms with Crippen LogP contribution in [0.1, 0.15) is 32.4 Å². The van der Waals surface area contributed by atoms with Gasteiger partial charge in [0.05, 0.1) is 0 Å². The maximum atomic E-state index is 12.0. The Balaban J connectivity index is 2.91. The zero-order chi connectivity index (χ0) is 16.2. The molecule has 0 aliphatic carbocycles.